The van der Waals surface area contributed by atoms with Crippen LogP contribution in [0.4, 0.5) is 4.79 Å². The Morgan fingerprint density at radius 3 is 2.68 bits per heavy atom. The van der Waals surface area contributed by atoms with Gasteiger partial charge in [-0.3, -0.25) is 19.8 Å². The number of likely N-dealkylation sites (tertiary alicyclic amines) is 1. The summed E-state index contributed by atoms with van der Waals surface area (Å²) in [5.74, 6) is -0.0429. The highest BCUT2D eigenvalue weighted by molar-refractivity contribution is 5.96. The predicted octanol–water partition coefficient (Wildman–Crippen LogP) is 0.522. The van der Waals surface area contributed by atoms with E-state index < -0.39 is 12.1 Å². The van der Waals surface area contributed by atoms with Crippen LogP contribution < -0.4 is 10.6 Å². The van der Waals surface area contributed by atoms with E-state index in [2.05, 4.69) is 10.6 Å². The lowest BCUT2D eigenvalue weighted by atomic mass is 9.93. The van der Waals surface area contributed by atoms with Crippen molar-refractivity contribution in [2.45, 2.75) is 39.7 Å². The fourth-order valence-corrected chi connectivity index (χ4v) is 2.23. The van der Waals surface area contributed by atoms with Crippen molar-refractivity contribution in [3.8, 4) is 0 Å². The number of carbonyl (C=O) groups excluding carboxylic acids is 3. The first-order valence-corrected chi connectivity index (χ1v) is 6.85. The van der Waals surface area contributed by atoms with Crippen LogP contribution in [0.25, 0.3) is 0 Å². The number of rotatable bonds is 4. The molecule has 2 atom stereocenters. The second-order valence-electron chi connectivity index (χ2n) is 4.84. The minimum atomic E-state index is -0.473. The summed E-state index contributed by atoms with van der Waals surface area (Å²) in [6.07, 6.45) is 1.28. The van der Waals surface area contributed by atoms with Gasteiger partial charge in [-0.2, -0.15) is 0 Å². The van der Waals surface area contributed by atoms with E-state index in [4.69, 9.17) is 0 Å². The lowest BCUT2D eigenvalue weighted by Gasteiger charge is -2.34. The lowest BCUT2D eigenvalue weighted by Crippen LogP contribution is -2.53. The zero-order chi connectivity index (χ0) is 14.4. The second-order valence-corrected chi connectivity index (χ2v) is 4.84. The number of hydrogen-bond acceptors (Lipinski definition) is 4. The third-order valence-corrected chi connectivity index (χ3v) is 3.55. The van der Waals surface area contributed by atoms with E-state index in [1.807, 2.05) is 11.8 Å². The zero-order valence-electron chi connectivity index (χ0n) is 11.9. The quantitative estimate of drug-likeness (QED) is 0.780. The topological polar surface area (TPSA) is 78.5 Å². The Morgan fingerprint density at radius 1 is 1.42 bits per heavy atom. The Hall–Kier alpha value is -1.43. The van der Waals surface area contributed by atoms with E-state index in [0.29, 0.717) is 26.1 Å². The van der Waals surface area contributed by atoms with Gasteiger partial charge in [0.05, 0.1) is 6.04 Å². The standard InChI is InChI=1S/C13H23N3O3/c1-4-10-8-16(7-6-11(10)17)9(3)12(18)15-13(19)14-5-2/h9-10H,4-8H2,1-3H3,(H2,14,15,18,19). The van der Waals surface area contributed by atoms with Gasteiger partial charge in [-0.15, -0.1) is 0 Å². The molecule has 2 N–H and O–H groups in total. The molecule has 1 aliphatic rings. The van der Waals surface area contributed by atoms with Crippen molar-refractivity contribution in [1.82, 2.24) is 15.5 Å². The van der Waals surface area contributed by atoms with Gasteiger partial charge in [-0.1, -0.05) is 6.92 Å². The maximum absolute atomic E-state index is 11.9. The second kappa shape index (κ2) is 7.23. The van der Waals surface area contributed by atoms with Crippen LogP contribution >= 0.6 is 0 Å². The van der Waals surface area contributed by atoms with E-state index in [-0.39, 0.29) is 17.6 Å². The Morgan fingerprint density at radius 2 is 2.11 bits per heavy atom. The number of hydrogen-bond donors (Lipinski definition) is 2. The number of nitrogens with one attached hydrogen (secondary N) is 2. The van der Waals surface area contributed by atoms with Crippen LogP contribution in [0.2, 0.25) is 0 Å². The Kier molecular flexibility index (Phi) is 5.95. The molecule has 0 aromatic heterocycles. The molecule has 1 saturated heterocycles. The molecule has 1 fully saturated rings. The third kappa shape index (κ3) is 4.31. The summed E-state index contributed by atoms with van der Waals surface area (Å²) in [4.78, 5) is 36.8. The van der Waals surface area contributed by atoms with Gasteiger partial charge in [-0.05, 0) is 20.3 Å². The minimum Gasteiger partial charge on any atom is -0.338 e. The number of amides is 3. The van der Waals surface area contributed by atoms with Gasteiger partial charge >= 0.3 is 6.03 Å². The molecule has 0 aromatic rings. The monoisotopic (exact) mass is 269 g/mol. The Bertz CT molecular complexity index is 357. The van der Waals surface area contributed by atoms with E-state index in [1.165, 1.54) is 0 Å². The molecule has 19 heavy (non-hydrogen) atoms. The summed E-state index contributed by atoms with van der Waals surface area (Å²) in [6, 6.07) is -0.871. The molecule has 1 aliphatic heterocycles. The molecule has 6 nitrogen and oxygen atoms in total. The molecule has 6 heteroatoms. The zero-order valence-corrected chi connectivity index (χ0v) is 11.9. The number of imide groups is 1. The normalized spacial score (nSPS) is 21.8. The van der Waals surface area contributed by atoms with Gasteiger partial charge in [-0.25, -0.2) is 4.79 Å². The molecule has 0 saturated carbocycles. The van der Waals surface area contributed by atoms with Crippen molar-refractivity contribution in [2.24, 2.45) is 5.92 Å². The van der Waals surface area contributed by atoms with Gasteiger partial charge in [0.25, 0.3) is 0 Å². The average molecular weight is 269 g/mol. The maximum Gasteiger partial charge on any atom is 0.321 e. The largest absolute Gasteiger partial charge is 0.338 e. The van der Waals surface area contributed by atoms with Crippen LogP contribution in [0.3, 0.4) is 0 Å². The number of carbonyl (C=O) groups is 3. The van der Waals surface area contributed by atoms with E-state index in [9.17, 15) is 14.4 Å². The van der Waals surface area contributed by atoms with E-state index >= 15 is 0 Å². The maximum atomic E-state index is 11.9. The van der Waals surface area contributed by atoms with Crippen LogP contribution in [-0.2, 0) is 9.59 Å². The Balaban J connectivity index is 2.52. The molecule has 1 rings (SSSR count). The summed E-state index contributed by atoms with van der Waals surface area (Å²) in [7, 11) is 0. The predicted molar refractivity (Wildman–Crippen MR) is 71.7 cm³/mol. The number of nitrogens with zero attached hydrogens (tertiary/aromatic N) is 1. The molecule has 0 bridgehead atoms. The van der Waals surface area contributed by atoms with Crippen molar-refractivity contribution >= 4 is 17.7 Å². The van der Waals surface area contributed by atoms with Crippen molar-refractivity contribution in [3.05, 3.63) is 0 Å². The van der Waals surface area contributed by atoms with Crippen LogP contribution in [0.15, 0.2) is 0 Å². The van der Waals surface area contributed by atoms with E-state index in [0.717, 1.165) is 6.42 Å². The highest BCUT2D eigenvalue weighted by atomic mass is 16.2. The van der Waals surface area contributed by atoms with Crippen LogP contribution in [0, 0.1) is 5.92 Å². The molecular weight excluding hydrogens is 246 g/mol. The van der Waals surface area contributed by atoms with Gasteiger partial charge in [0.1, 0.15) is 5.78 Å². The summed E-state index contributed by atoms with van der Waals surface area (Å²) in [5, 5.41) is 4.82. The van der Waals surface area contributed by atoms with Crippen molar-refractivity contribution in [3.63, 3.8) is 0 Å². The molecule has 1 heterocycles. The first kappa shape index (κ1) is 15.6. The molecule has 2 unspecified atom stereocenters. The van der Waals surface area contributed by atoms with Crippen molar-refractivity contribution in [2.75, 3.05) is 19.6 Å². The molecule has 0 spiro atoms. The van der Waals surface area contributed by atoms with Crippen LogP contribution in [0.5, 0.6) is 0 Å². The molecule has 0 radical (unpaired) electrons. The molecule has 108 valence electrons. The van der Waals surface area contributed by atoms with Crippen molar-refractivity contribution < 1.29 is 14.4 Å². The Labute approximate surface area is 113 Å². The summed E-state index contributed by atoms with van der Waals surface area (Å²) >= 11 is 0. The highest BCUT2D eigenvalue weighted by Gasteiger charge is 2.31. The van der Waals surface area contributed by atoms with Gasteiger partial charge in [0.15, 0.2) is 0 Å². The van der Waals surface area contributed by atoms with Gasteiger partial charge in [0.2, 0.25) is 5.91 Å². The molecule has 3 amide bonds. The molecule has 0 aromatic carbocycles. The minimum absolute atomic E-state index is 0.00784. The number of urea groups is 1. The summed E-state index contributed by atoms with van der Waals surface area (Å²) in [6.45, 7) is 7.18. The number of ketones is 1. The smallest absolute Gasteiger partial charge is 0.321 e. The van der Waals surface area contributed by atoms with Crippen LogP contribution in [0.1, 0.15) is 33.6 Å². The fraction of sp³-hybridized carbons (Fsp3) is 0.769. The first-order valence-electron chi connectivity index (χ1n) is 6.85. The van der Waals surface area contributed by atoms with Gasteiger partial charge < -0.3 is 5.32 Å². The number of piperidine rings is 1. The van der Waals surface area contributed by atoms with Crippen molar-refractivity contribution in [1.29, 1.82) is 0 Å². The average Bonchev–Trinajstić information content (AvgIpc) is 2.38. The summed E-state index contributed by atoms with van der Waals surface area (Å²) in [5.41, 5.74) is 0. The molecular formula is C13H23N3O3. The highest BCUT2D eigenvalue weighted by Crippen LogP contribution is 2.18. The van der Waals surface area contributed by atoms with E-state index in [1.54, 1.807) is 13.8 Å². The SMILES string of the molecule is CCNC(=O)NC(=O)C(C)N1CCC(=O)C(CC)C1. The third-order valence-electron chi connectivity index (χ3n) is 3.55. The van der Waals surface area contributed by atoms with Gasteiger partial charge in [0, 0.05) is 32.0 Å². The fourth-order valence-electron chi connectivity index (χ4n) is 2.23. The summed E-state index contributed by atoms with van der Waals surface area (Å²) < 4.78 is 0. The van der Waals surface area contributed by atoms with Crippen LogP contribution in [-0.4, -0.2) is 48.3 Å². The molecule has 0 aliphatic carbocycles. The lowest BCUT2D eigenvalue weighted by molar-refractivity contribution is -0.132. The first-order chi connectivity index (χ1) is 8.99. The number of Topliss-reactive ketones (excluding diaryl/α,β-unsaturated/α-hetero) is 1.